The molecule has 0 saturated carbocycles. The second-order valence-electron chi connectivity index (χ2n) is 11.7. The predicted octanol–water partition coefficient (Wildman–Crippen LogP) is 10.1. The lowest BCUT2D eigenvalue weighted by Gasteiger charge is -2.22. The number of nitrogens with zero attached hydrogens (tertiary/aromatic N) is 2. The Labute approximate surface area is 248 Å². The van der Waals surface area contributed by atoms with Gasteiger partial charge in [-0.15, -0.1) is 0 Å². The molecule has 3 heterocycles. The lowest BCUT2D eigenvalue weighted by molar-refractivity contribution is 0.224. The maximum Gasteiger partial charge on any atom is 0.137 e. The van der Waals surface area contributed by atoms with Crippen LogP contribution in [0.5, 0.6) is 5.75 Å². The summed E-state index contributed by atoms with van der Waals surface area (Å²) < 4.78 is 11.6. The van der Waals surface area contributed by atoms with Gasteiger partial charge in [-0.25, -0.2) is 0 Å². The van der Waals surface area contributed by atoms with Gasteiger partial charge < -0.3 is 13.9 Å². The highest BCUT2D eigenvalue weighted by molar-refractivity contribution is 6.22. The first-order valence-electron chi connectivity index (χ1n) is 14.9. The number of hydrogen-bond donors (Lipinski definition) is 0. The number of fused-ring (bicyclic) bond motifs is 12. The van der Waals surface area contributed by atoms with E-state index in [1.54, 1.807) is 0 Å². The van der Waals surface area contributed by atoms with E-state index in [2.05, 4.69) is 155 Å². The average molecular weight is 551 g/mol. The third kappa shape index (κ3) is 3.09. The molecule has 2 aromatic heterocycles. The number of para-hydroxylation sites is 3. The first kappa shape index (κ1) is 23.1. The zero-order valence-electron chi connectivity index (χ0n) is 23.3. The van der Waals surface area contributed by atoms with Gasteiger partial charge in [0.2, 0.25) is 0 Å². The lowest BCUT2D eigenvalue weighted by atomic mass is 9.85. The predicted molar refractivity (Wildman–Crippen MR) is 177 cm³/mol. The summed E-state index contributed by atoms with van der Waals surface area (Å²) in [5.74, 6) is 1.19. The summed E-state index contributed by atoms with van der Waals surface area (Å²) in [6, 6.07) is 48.1. The van der Waals surface area contributed by atoms with Crippen LogP contribution in [0.3, 0.4) is 0 Å². The summed E-state index contributed by atoms with van der Waals surface area (Å²) in [7, 11) is 0. The average Bonchev–Trinajstić information content (AvgIpc) is 3.72. The van der Waals surface area contributed by atoms with Gasteiger partial charge in [0.1, 0.15) is 11.9 Å². The lowest BCUT2D eigenvalue weighted by Crippen LogP contribution is -2.13. The van der Waals surface area contributed by atoms with Gasteiger partial charge in [0.25, 0.3) is 0 Å². The van der Waals surface area contributed by atoms with Crippen LogP contribution in [0, 0.1) is 0 Å². The molecule has 2 atom stereocenters. The van der Waals surface area contributed by atoms with Crippen LogP contribution in [0.15, 0.2) is 140 Å². The minimum atomic E-state index is -0.0591. The second kappa shape index (κ2) is 8.50. The summed E-state index contributed by atoms with van der Waals surface area (Å²) in [6.45, 7) is 0. The topological polar surface area (TPSA) is 19.1 Å². The van der Waals surface area contributed by atoms with Crippen LogP contribution in [0.2, 0.25) is 0 Å². The van der Waals surface area contributed by atoms with Crippen molar-refractivity contribution in [3.05, 3.63) is 156 Å². The molecule has 8 aromatic rings. The van der Waals surface area contributed by atoms with Gasteiger partial charge in [0.15, 0.2) is 0 Å². The number of aromatic nitrogens is 2. The molecule has 10 rings (SSSR count). The summed E-state index contributed by atoms with van der Waals surface area (Å²) in [6.07, 6.45) is 4.60. The Bertz CT molecular complexity index is 2440. The molecular formula is C40H26N2O. The van der Waals surface area contributed by atoms with Crippen LogP contribution in [-0.4, -0.2) is 9.13 Å². The van der Waals surface area contributed by atoms with Crippen LogP contribution >= 0.6 is 0 Å². The minimum absolute atomic E-state index is 0.0591. The molecule has 3 heteroatoms. The van der Waals surface area contributed by atoms with Gasteiger partial charge in [-0.2, -0.15) is 0 Å². The van der Waals surface area contributed by atoms with Crippen LogP contribution < -0.4 is 4.74 Å². The molecule has 2 aliphatic rings. The van der Waals surface area contributed by atoms with E-state index in [0.717, 1.165) is 11.4 Å². The van der Waals surface area contributed by atoms with Crippen LogP contribution in [0.4, 0.5) is 0 Å². The van der Waals surface area contributed by atoms with Crippen molar-refractivity contribution in [2.24, 2.45) is 0 Å². The molecule has 3 nitrogen and oxygen atoms in total. The Hall–Kier alpha value is -5.54. The van der Waals surface area contributed by atoms with Crippen LogP contribution in [0.1, 0.15) is 28.8 Å². The highest BCUT2D eigenvalue weighted by atomic mass is 16.5. The van der Waals surface area contributed by atoms with Crippen molar-refractivity contribution in [1.29, 1.82) is 0 Å². The van der Waals surface area contributed by atoms with Crippen molar-refractivity contribution in [2.45, 2.75) is 12.0 Å². The smallest absolute Gasteiger partial charge is 0.137 e. The van der Waals surface area contributed by atoms with Gasteiger partial charge in [-0.3, -0.25) is 0 Å². The monoisotopic (exact) mass is 550 g/mol. The molecule has 0 bridgehead atoms. The zero-order chi connectivity index (χ0) is 28.1. The van der Waals surface area contributed by atoms with Crippen molar-refractivity contribution < 1.29 is 4.74 Å². The van der Waals surface area contributed by atoms with Gasteiger partial charge >= 0.3 is 0 Å². The van der Waals surface area contributed by atoms with Crippen molar-refractivity contribution in [1.82, 2.24) is 9.13 Å². The number of ether oxygens (including phenoxy) is 1. The third-order valence-corrected chi connectivity index (χ3v) is 9.45. The summed E-state index contributed by atoms with van der Waals surface area (Å²) in [5, 5.41) is 6.25. The fourth-order valence-corrected chi connectivity index (χ4v) is 7.65. The number of hydrogen-bond acceptors (Lipinski definition) is 1. The molecule has 1 aliphatic heterocycles. The third-order valence-electron chi connectivity index (χ3n) is 9.45. The first-order valence-corrected chi connectivity index (χ1v) is 14.9. The zero-order valence-corrected chi connectivity index (χ0v) is 23.3. The maximum atomic E-state index is 6.74. The summed E-state index contributed by atoms with van der Waals surface area (Å²) >= 11 is 0. The Morgan fingerprint density at radius 3 is 2.28 bits per heavy atom. The van der Waals surface area contributed by atoms with Crippen molar-refractivity contribution >= 4 is 49.6 Å². The van der Waals surface area contributed by atoms with E-state index in [1.165, 1.54) is 66.0 Å². The Kier molecular flexibility index (Phi) is 4.56. The molecule has 6 aromatic carbocycles. The second-order valence-corrected chi connectivity index (χ2v) is 11.7. The number of rotatable bonds is 2. The van der Waals surface area contributed by atoms with Crippen LogP contribution in [-0.2, 0) is 0 Å². The Morgan fingerprint density at radius 1 is 0.558 bits per heavy atom. The molecule has 1 aliphatic carbocycles. The highest BCUT2D eigenvalue weighted by Gasteiger charge is 2.40. The van der Waals surface area contributed by atoms with Gasteiger partial charge in [-0.1, -0.05) is 97.1 Å². The highest BCUT2D eigenvalue weighted by Crippen LogP contribution is 2.54. The van der Waals surface area contributed by atoms with Gasteiger partial charge in [0.05, 0.1) is 22.2 Å². The van der Waals surface area contributed by atoms with E-state index in [1.807, 2.05) is 0 Å². The summed E-state index contributed by atoms with van der Waals surface area (Å²) in [4.78, 5) is 0. The van der Waals surface area contributed by atoms with E-state index in [-0.39, 0.29) is 12.0 Å². The van der Waals surface area contributed by atoms with Crippen molar-refractivity contribution in [3.8, 4) is 17.1 Å². The normalized spacial score (nSPS) is 16.9. The van der Waals surface area contributed by atoms with Crippen molar-refractivity contribution in [2.75, 3.05) is 0 Å². The molecule has 2 unspecified atom stereocenters. The first-order chi connectivity index (χ1) is 21.3. The maximum absolute atomic E-state index is 6.74. The Morgan fingerprint density at radius 2 is 1.35 bits per heavy atom. The van der Waals surface area contributed by atoms with Gasteiger partial charge in [-0.05, 0) is 59.3 Å². The molecule has 0 N–H and O–H groups in total. The van der Waals surface area contributed by atoms with Crippen LogP contribution in [0.25, 0.3) is 60.9 Å². The molecule has 0 radical (unpaired) electrons. The van der Waals surface area contributed by atoms with E-state index < -0.39 is 0 Å². The number of benzene rings is 6. The SMILES string of the molecule is C1=CC2c3ccccc3OC2c2c1n(-c1ccccc1)c1c2ccc2c1c1ccccc1n2-c1ccc2ccccc2c1. The van der Waals surface area contributed by atoms with E-state index >= 15 is 0 Å². The van der Waals surface area contributed by atoms with E-state index in [4.69, 9.17) is 4.74 Å². The molecular weight excluding hydrogens is 524 g/mol. The molecule has 43 heavy (non-hydrogen) atoms. The van der Waals surface area contributed by atoms with Gasteiger partial charge in [0, 0.05) is 44.6 Å². The van der Waals surface area contributed by atoms with E-state index in [9.17, 15) is 0 Å². The molecule has 0 fully saturated rings. The van der Waals surface area contributed by atoms with Crippen molar-refractivity contribution in [3.63, 3.8) is 0 Å². The molecule has 0 amide bonds. The fraction of sp³-hybridized carbons (Fsp3) is 0.0500. The summed E-state index contributed by atoms with van der Waals surface area (Å²) in [5.41, 5.74) is 9.70. The Balaban J connectivity index is 1.34. The minimum Gasteiger partial charge on any atom is -0.484 e. The molecule has 202 valence electrons. The molecule has 0 spiro atoms. The standard InChI is InChI=1S/C40H26N2O/c1-2-12-27(13-3-1)42-35-22-20-30-29-14-7-9-17-36(29)43-40(30)38(35)32-21-23-34-37(39(32)42)31-15-6-8-16-33(31)41(34)28-19-18-25-10-4-5-11-26(25)24-28/h1-24,30,40H. The quantitative estimate of drug-likeness (QED) is 0.210. The van der Waals surface area contributed by atoms with E-state index in [0.29, 0.717) is 0 Å². The molecule has 0 saturated heterocycles. The fourth-order valence-electron chi connectivity index (χ4n) is 7.65. The largest absolute Gasteiger partial charge is 0.484 e.